The van der Waals surface area contributed by atoms with E-state index in [-0.39, 0.29) is 24.5 Å². The first kappa shape index (κ1) is 15.4. The van der Waals surface area contributed by atoms with Crippen LogP contribution in [0.25, 0.3) is 0 Å². The van der Waals surface area contributed by atoms with E-state index in [4.69, 9.17) is 4.74 Å². The number of nitrogens with zero attached hydrogens (tertiary/aromatic N) is 2. The van der Waals surface area contributed by atoms with Crippen molar-refractivity contribution in [2.24, 2.45) is 5.92 Å². The maximum absolute atomic E-state index is 13.0. The molecule has 0 bridgehead atoms. The molecule has 1 saturated carbocycles. The van der Waals surface area contributed by atoms with Crippen molar-refractivity contribution in [2.75, 3.05) is 36.9 Å². The van der Waals surface area contributed by atoms with Gasteiger partial charge in [-0.15, -0.1) is 0 Å². The van der Waals surface area contributed by atoms with E-state index < -0.39 is 0 Å². The van der Waals surface area contributed by atoms with E-state index in [0.29, 0.717) is 29.5 Å². The van der Waals surface area contributed by atoms with Crippen molar-refractivity contribution in [2.45, 2.75) is 31.8 Å². The topological polar surface area (TPSA) is 83.6 Å². The summed E-state index contributed by atoms with van der Waals surface area (Å²) < 4.78 is 5.70. The second-order valence-electron chi connectivity index (χ2n) is 6.81. The van der Waals surface area contributed by atoms with Crippen molar-refractivity contribution in [1.29, 1.82) is 0 Å². The molecule has 1 aliphatic carbocycles. The molecule has 0 radical (unpaired) electrons. The molecule has 2 aliphatic heterocycles. The van der Waals surface area contributed by atoms with E-state index in [0.717, 1.165) is 26.0 Å². The Morgan fingerprint density at radius 3 is 2.96 bits per heavy atom. The van der Waals surface area contributed by atoms with Gasteiger partial charge in [-0.3, -0.25) is 9.59 Å². The van der Waals surface area contributed by atoms with Crippen LogP contribution >= 0.6 is 0 Å². The first-order chi connectivity index (χ1) is 11.7. The Hall–Kier alpha value is -2.15. The first-order valence-corrected chi connectivity index (χ1v) is 8.63. The zero-order valence-electron chi connectivity index (χ0n) is 13.6. The fourth-order valence-electron chi connectivity index (χ4n) is 3.25. The molecule has 2 amide bonds. The molecular weight excluding hydrogens is 308 g/mol. The number of hydrogen-bond donors (Lipinski definition) is 2. The molecule has 0 aromatic carbocycles. The molecule has 4 rings (SSSR count). The number of pyridine rings is 1. The van der Waals surface area contributed by atoms with Crippen LogP contribution in [0.1, 0.15) is 36.0 Å². The van der Waals surface area contributed by atoms with Crippen molar-refractivity contribution in [3.05, 3.63) is 17.8 Å². The van der Waals surface area contributed by atoms with Crippen LogP contribution in [0.4, 0.5) is 11.5 Å². The lowest BCUT2D eigenvalue weighted by atomic mass is 10.1. The van der Waals surface area contributed by atoms with Crippen LogP contribution in [0.15, 0.2) is 12.3 Å². The van der Waals surface area contributed by atoms with Gasteiger partial charge in [0.05, 0.1) is 23.9 Å². The van der Waals surface area contributed by atoms with Crippen LogP contribution in [0.3, 0.4) is 0 Å². The van der Waals surface area contributed by atoms with Gasteiger partial charge in [-0.05, 0) is 37.7 Å². The van der Waals surface area contributed by atoms with Gasteiger partial charge >= 0.3 is 0 Å². The van der Waals surface area contributed by atoms with Gasteiger partial charge in [0.2, 0.25) is 5.91 Å². The second kappa shape index (κ2) is 6.39. The second-order valence-corrected chi connectivity index (χ2v) is 6.81. The number of carbonyl (C=O) groups excluding carboxylic acids is 2. The fraction of sp³-hybridized carbons (Fsp3) is 0.588. The van der Waals surface area contributed by atoms with Crippen LogP contribution in [0.2, 0.25) is 0 Å². The highest BCUT2D eigenvalue weighted by Gasteiger charge is 2.30. The Bertz CT molecular complexity index is 653. The summed E-state index contributed by atoms with van der Waals surface area (Å²) >= 11 is 0. The highest BCUT2D eigenvalue weighted by Crippen LogP contribution is 2.31. The standard InChI is InChI=1S/C17H22N4O3/c22-15-8-19-16-14(20-15)6-12(7-18-16)17(23)21(9-11-3-4-11)10-13-2-1-5-24-13/h6-7,11,13H,1-5,8-10H2,(H,18,19)(H,20,22). The molecule has 1 unspecified atom stereocenters. The van der Waals surface area contributed by atoms with Gasteiger partial charge in [0.25, 0.3) is 5.91 Å². The predicted molar refractivity (Wildman–Crippen MR) is 89.0 cm³/mol. The van der Waals surface area contributed by atoms with Crippen LogP contribution in [0.5, 0.6) is 0 Å². The highest BCUT2D eigenvalue weighted by atomic mass is 16.5. The summed E-state index contributed by atoms with van der Waals surface area (Å²) in [7, 11) is 0. The molecule has 3 heterocycles. The SMILES string of the molecule is O=C1CNc2ncc(C(=O)N(CC3CC3)CC3CCCO3)cc2N1. The molecule has 24 heavy (non-hydrogen) atoms. The smallest absolute Gasteiger partial charge is 0.255 e. The van der Waals surface area contributed by atoms with Gasteiger partial charge in [-0.2, -0.15) is 0 Å². The third kappa shape index (κ3) is 3.36. The van der Waals surface area contributed by atoms with Gasteiger partial charge in [0, 0.05) is 25.9 Å². The molecule has 1 atom stereocenters. The van der Waals surface area contributed by atoms with Crippen LogP contribution in [-0.4, -0.2) is 54.0 Å². The molecule has 3 aliphatic rings. The molecule has 0 spiro atoms. The maximum atomic E-state index is 13.0. The van der Waals surface area contributed by atoms with E-state index in [2.05, 4.69) is 15.6 Å². The van der Waals surface area contributed by atoms with E-state index in [1.807, 2.05) is 4.90 Å². The number of hydrogen-bond acceptors (Lipinski definition) is 5. The van der Waals surface area contributed by atoms with Crippen LogP contribution in [0, 0.1) is 5.92 Å². The molecule has 1 saturated heterocycles. The zero-order valence-corrected chi connectivity index (χ0v) is 13.6. The van der Waals surface area contributed by atoms with E-state index >= 15 is 0 Å². The molecule has 2 N–H and O–H groups in total. The normalized spacial score (nSPS) is 22.5. The molecule has 7 heteroatoms. The third-order valence-corrected chi connectivity index (χ3v) is 4.74. The average Bonchev–Trinajstić information content (AvgIpc) is 3.25. The Morgan fingerprint density at radius 2 is 2.21 bits per heavy atom. The number of nitrogens with one attached hydrogen (secondary N) is 2. The van der Waals surface area contributed by atoms with Crippen molar-refractivity contribution < 1.29 is 14.3 Å². The summed E-state index contributed by atoms with van der Waals surface area (Å²) in [5.41, 5.74) is 1.08. The molecule has 1 aromatic heterocycles. The molecule has 1 aromatic rings. The summed E-state index contributed by atoms with van der Waals surface area (Å²) in [4.78, 5) is 30.6. The molecular formula is C17H22N4O3. The quantitative estimate of drug-likeness (QED) is 0.854. The van der Waals surface area contributed by atoms with E-state index in [1.54, 1.807) is 12.3 Å². The highest BCUT2D eigenvalue weighted by molar-refractivity contribution is 6.02. The summed E-state index contributed by atoms with van der Waals surface area (Å²) in [6, 6.07) is 1.71. The minimum absolute atomic E-state index is 0.0347. The first-order valence-electron chi connectivity index (χ1n) is 8.63. The lowest BCUT2D eigenvalue weighted by molar-refractivity contribution is -0.114. The summed E-state index contributed by atoms with van der Waals surface area (Å²) in [6.45, 7) is 2.41. The Balaban J connectivity index is 1.52. The molecule has 2 fully saturated rings. The Kier molecular flexibility index (Phi) is 4.10. The van der Waals surface area contributed by atoms with Crippen molar-refractivity contribution in [3.63, 3.8) is 0 Å². The average molecular weight is 330 g/mol. The van der Waals surface area contributed by atoms with Crippen LogP contribution in [-0.2, 0) is 9.53 Å². The number of ether oxygens (including phenoxy) is 1. The lowest BCUT2D eigenvalue weighted by Crippen LogP contribution is -2.39. The number of carbonyl (C=O) groups is 2. The Morgan fingerprint density at radius 1 is 1.33 bits per heavy atom. The van der Waals surface area contributed by atoms with Gasteiger partial charge in [0.1, 0.15) is 5.82 Å². The molecule has 128 valence electrons. The lowest BCUT2D eigenvalue weighted by Gasteiger charge is -2.26. The predicted octanol–water partition coefficient (Wildman–Crippen LogP) is 1.48. The van der Waals surface area contributed by atoms with Crippen molar-refractivity contribution >= 4 is 23.3 Å². The largest absolute Gasteiger partial charge is 0.376 e. The maximum Gasteiger partial charge on any atom is 0.255 e. The van der Waals surface area contributed by atoms with Gasteiger partial charge in [-0.25, -0.2) is 4.98 Å². The number of anilines is 2. The van der Waals surface area contributed by atoms with E-state index in [1.165, 1.54) is 12.8 Å². The minimum Gasteiger partial charge on any atom is -0.376 e. The summed E-state index contributed by atoms with van der Waals surface area (Å²) in [5, 5.41) is 5.70. The van der Waals surface area contributed by atoms with Gasteiger partial charge in [-0.1, -0.05) is 0 Å². The zero-order chi connectivity index (χ0) is 16.5. The number of rotatable bonds is 5. The fourth-order valence-corrected chi connectivity index (χ4v) is 3.25. The van der Waals surface area contributed by atoms with Gasteiger partial charge < -0.3 is 20.3 Å². The van der Waals surface area contributed by atoms with Crippen LogP contribution < -0.4 is 10.6 Å². The van der Waals surface area contributed by atoms with Gasteiger partial charge in [0.15, 0.2) is 0 Å². The molecule has 7 nitrogen and oxygen atoms in total. The van der Waals surface area contributed by atoms with Crippen molar-refractivity contribution in [3.8, 4) is 0 Å². The number of fused-ring (bicyclic) bond motifs is 1. The van der Waals surface area contributed by atoms with Crippen molar-refractivity contribution in [1.82, 2.24) is 9.88 Å². The summed E-state index contributed by atoms with van der Waals surface area (Å²) in [5.74, 6) is 1.07. The number of aromatic nitrogens is 1. The minimum atomic E-state index is -0.122. The summed E-state index contributed by atoms with van der Waals surface area (Å²) in [6.07, 6.45) is 6.18. The third-order valence-electron chi connectivity index (χ3n) is 4.74. The monoisotopic (exact) mass is 330 g/mol. The van der Waals surface area contributed by atoms with E-state index in [9.17, 15) is 9.59 Å². The number of amides is 2. The Labute approximate surface area is 140 Å².